The third-order valence-electron chi connectivity index (χ3n) is 4.12. The topological polar surface area (TPSA) is 29.9 Å². The van der Waals surface area contributed by atoms with Crippen molar-refractivity contribution in [3.63, 3.8) is 0 Å². The maximum atomic E-state index is 4.58. The lowest BCUT2D eigenvalue weighted by Gasteiger charge is -2.27. The normalized spacial score (nSPS) is 19.7. The van der Waals surface area contributed by atoms with Gasteiger partial charge in [-0.2, -0.15) is 0 Å². The highest BCUT2D eigenvalue weighted by Crippen LogP contribution is 2.32. The second-order valence-electron chi connectivity index (χ2n) is 5.58. The van der Waals surface area contributed by atoms with Crippen molar-refractivity contribution >= 4 is 0 Å². The fourth-order valence-electron chi connectivity index (χ4n) is 3.09. The Balaban J connectivity index is 2.10. The fourth-order valence-corrected chi connectivity index (χ4v) is 3.09. The summed E-state index contributed by atoms with van der Waals surface area (Å²) < 4.78 is 2.18. The van der Waals surface area contributed by atoms with Gasteiger partial charge in [-0.25, -0.2) is 4.98 Å². The fraction of sp³-hybridized carbons (Fsp3) is 0.800. The second kappa shape index (κ2) is 6.93. The van der Waals surface area contributed by atoms with Crippen molar-refractivity contribution < 1.29 is 0 Å². The number of nitrogens with one attached hydrogen (secondary N) is 1. The van der Waals surface area contributed by atoms with Crippen LogP contribution in [-0.4, -0.2) is 16.1 Å². The molecule has 1 aliphatic rings. The summed E-state index contributed by atoms with van der Waals surface area (Å²) in [5.41, 5.74) is 0. The Morgan fingerprint density at radius 1 is 1.33 bits per heavy atom. The Morgan fingerprint density at radius 3 is 2.61 bits per heavy atom. The van der Waals surface area contributed by atoms with Crippen LogP contribution >= 0.6 is 0 Å². The van der Waals surface area contributed by atoms with E-state index in [2.05, 4.69) is 35.0 Å². The second-order valence-corrected chi connectivity index (χ2v) is 5.58. The van der Waals surface area contributed by atoms with Gasteiger partial charge >= 0.3 is 0 Å². The van der Waals surface area contributed by atoms with Gasteiger partial charge in [0, 0.05) is 19.4 Å². The Bertz CT molecular complexity index is 337. The van der Waals surface area contributed by atoms with E-state index in [0.717, 1.165) is 12.5 Å². The molecular weight excluding hydrogens is 222 g/mol. The molecule has 18 heavy (non-hydrogen) atoms. The summed E-state index contributed by atoms with van der Waals surface area (Å²) in [6, 6.07) is 0.447. The van der Waals surface area contributed by atoms with Crippen molar-refractivity contribution in [1.82, 2.24) is 14.9 Å². The van der Waals surface area contributed by atoms with Crippen LogP contribution in [0, 0.1) is 5.92 Å². The van der Waals surface area contributed by atoms with Crippen molar-refractivity contribution in [2.45, 2.75) is 57.9 Å². The van der Waals surface area contributed by atoms with Gasteiger partial charge in [0.15, 0.2) is 0 Å². The number of hydrogen-bond donors (Lipinski definition) is 1. The van der Waals surface area contributed by atoms with Crippen LogP contribution in [0.2, 0.25) is 0 Å². The summed E-state index contributed by atoms with van der Waals surface area (Å²) in [7, 11) is 2.11. The minimum absolute atomic E-state index is 0.447. The predicted molar refractivity (Wildman–Crippen MR) is 75.4 cm³/mol. The lowest BCUT2D eigenvalue weighted by Crippen LogP contribution is -2.31. The van der Waals surface area contributed by atoms with Gasteiger partial charge in [0.05, 0.1) is 6.04 Å². The molecule has 1 unspecified atom stereocenters. The van der Waals surface area contributed by atoms with Crippen LogP contribution in [-0.2, 0) is 7.05 Å². The number of aromatic nitrogens is 2. The van der Waals surface area contributed by atoms with E-state index >= 15 is 0 Å². The van der Waals surface area contributed by atoms with E-state index in [0.29, 0.717) is 6.04 Å². The third-order valence-corrected chi connectivity index (χ3v) is 4.12. The number of hydrogen-bond acceptors (Lipinski definition) is 2. The van der Waals surface area contributed by atoms with Crippen LogP contribution in [0.15, 0.2) is 12.4 Å². The van der Waals surface area contributed by atoms with Crippen molar-refractivity contribution in [3.8, 4) is 0 Å². The highest BCUT2D eigenvalue weighted by molar-refractivity contribution is 5.01. The lowest BCUT2D eigenvalue weighted by atomic mass is 9.91. The van der Waals surface area contributed by atoms with Crippen molar-refractivity contribution in [1.29, 1.82) is 0 Å². The smallest absolute Gasteiger partial charge is 0.125 e. The van der Waals surface area contributed by atoms with Crippen LogP contribution in [0.3, 0.4) is 0 Å². The maximum absolute atomic E-state index is 4.58. The van der Waals surface area contributed by atoms with E-state index in [1.807, 2.05) is 6.20 Å². The van der Waals surface area contributed by atoms with Crippen LogP contribution in [0.25, 0.3) is 0 Å². The molecule has 1 saturated carbocycles. The molecule has 0 aliphatic heterocycles. The molecule has 0 radical (unpaired) electrons. The number of nitrogens with zero attached hydrogens (tertiary/aromatic N) is 2. The summed E-state index contributed by atoms with van der Waals surface area (Å²) in [6.07, 6.45) is 13.5. The average molecular weight is 249 g/mol. The largest absolute Gasteiger partial charge is 0.337 e. The molecule has 1 fully saturated rings. The summed E-state index contributed by atoms with van der Waals surface area (Å²) in [5, 5.41) is 3.73. The molecule has 0 aromatic carbocycles. The molecule has 1 aromatic heterocycles. The van der Waals surface area contributed by atoms with Crippen LogP contribution in [0.5, 0.6) is 0 Å². The summed E-state index contributed by atoms with van der Waals surface area (Å²) in [5.74, 6) is 1.98. The number of rotatable bonds is 5. The molecule has 1 heterocycles. The molecule has 1 aromatic rings. The van der Waals surface area contributed by atoms with Gasteiger partial charge in [-0.1, -0.05) is 32.6 Å². The van der Waals surface area contributed by atoms with Gasteiger partial charge in [-0.05, 0) is 31.7 Å². The van der Waals surface area contributed by atoms with E-state index in [1.165, 1.54) is 50.8 Å². The molecule has 1 N–H and O–H groups in total. The first-order valence-electron chi connectivity index (χ1n) is 7.53. The Kier molecular flexibility index (Phi) is 5.24. The van der Waals surface area contributed by atoms with E-state index in [4.69, 9.17) is 0 Å². The van der Waals surface area contributed by atoms with Gasteiger partial charge in [0.2, 0.25) is 0 Å². The van der Waals surface area contributed by atoms with Crippen LogP contribution in [0.1, 0.15) is 63.7 Å². The number of imidazole rings is 1. The molecule has 1 aliphatic carbocycles. The third kappa shape index (κ3) is 3.35. The molecule has 3 heteroatoms. The molecule has 102 valence electrons. The number of aryl methyl sites for hydroxylation is 1. The Morgan fingerprint density at radius 2 is 2.06 bits per heavy atom. The lowest BCUT2D eigenvalue weighted by molar-refractivity contribution is 0.309. The molecule has 2 rings (SSSR count). The van der Waals surface area contributed by atoms with E-state index < -0.39 is 0 Å². The quantitative estimate of drug-likeness (QED) is 0.810. The minimum atomic E-state index is 0.447. The molecule has 0 amide bonds. The van der Waals surface area contributed by atoms with Gasteiger partial charge < -0.3 is 9.88 Å². The zero-order chi connectivity index (χ0) is 12.8. The molecule has 0 spiro atoms. The van der Waals surface area contributed by atoms with Crippen LogP contribution in [0.4, 0.5) is 0 Å². The zero-order valence-electron chi connectivity index (χ0n) is 11.9. The SMILES string of the molecule is CCCNC(c1nccn1C)C1CCCCCC1. The Hall–Kier alpha value is -0.830. The summed E-state index contributed by atoms with van der Waals surface area (Å²) in [4.78, 5) is 4.58. The van der Waals surface area contributed by atoms with Gasteiger partial charge in [-0.15, -0.1) is 0 Å². The Labute approximate surface area is 111 Å². The van der Waals surface area contributed by atoms with Gasteiger partial charge in [0.25, 0.3) is 0 Å². The highest BCUT2D eigenvalue weighted by atomic mass is 15.1. The molecule has 0 bridgehead atoms. The molecule has 1 atom stereocenters. The van der Waals surface area contributed by atoms with E-state index in [9.17, 15) is 0 Å². The summed E-state index contributed by atoms with van der Waals surface area (Å²) in [6.45, 7) is 3.32. The first-order valence-corrected chi connectivity index (χ1v) is 7.53. The minimum Gasteiger partial charge on any atom is -0.337 e. The summed E-state index contributed by atoms with van der Waals surface area (Å²) >= 11 is 0. The first-order chi connectivity index (χ1) is 8.83. The van der Waals surface area contributed by atoms with Crippen molar-refractivity contribution in [3.05, 3.63) is 18.2 Å². The van der Waals surface area contributed by atoms with E-state index in [-0.39, 0.29) is 0 Å². The zero-order valence-corrected chi connectivity index (χ0v) is 11.9. The van der Waals surface area contributed by atoms with Crippen molar-refractivity contribution in [2.75, 3.05) is 6.54 Å². The standard InChI is InChI=1S/C15H27N3/c1-3-10-16-14(15-17-11-12-18(15)2)13-8-6-4-5-7-9-13/h11-14,16H,3-10H2,1-2H3. The van der Waals surface area contributed by atoms with Gasteiger partial charge in [0.1, 0.15) is 5.82 Å². The van der Waals surface area contributed by atoms with E-state index in [1.54, 1.807) is 0 Å². The molecule has 0 saturated heterocycles. The van der Waals surface area contributed by atoms with Crippen LogP contribution < -0.4 is 5.32 Å². The first kappa shape index (κ1) is 13.6. The average Bonchev–Trinajstić information content (AvgIpc) is 2.65. The highest BCUT2D eigenvalue weighted by Gasteiger charge is 2.26. The molecule has 3 nitrogen and oxygen atoms in total. The predicted octanol–water partition coefficient (Wildman–Crippen LogP) is 3.43. The maximum Gasteiger partial charge on any atom is 0.125 e. The molecular formula is C15H27N3. The monoisotopic (exact) mass is 249 g/mol. The van der Waals surface area contributed by atoms with Crippen molar-refractivity contribution in [2.24, 2.45) is 13.0 Å². The van der Waals surface area contributed by atoms with Gasteiger partial charge in [-0.3, -0.25) is 0 Å².